The average molecular weight is 736 g/mol. The third-order valence-electron chi connectivity index (χ3n) is 10.9. The molecule has 55 heavy (non-hydrogen) atoms. The first-order valence-electron chi connectivity index (χ1n) is 18.7. The van der Waals surface area contributed by atoms with Crippen molar-refractivity contribution in [3.8, 4) is 33.4 Å². The molecule has 11 aromatic rings. The third kappa shape index (κ3) is 5.35. The summed E-state index contributed by atoms with van der Waals surface area (Å²) in [6.07, 6.45) is 0. The Bertz CT molecular complexity index is 3190. The lowest BCUT2D eigenvalue weighted by molar-refractivity contribution is 1.32. The molecule has 2 heterocycles. The summed E-state index contributed by atoms with van der Waals surface area (Å²) in [5, 5.41) is 7.62. The van der Waals surface area contributed by atoms with Crippen LogP contribution in [0, 0.1) is 0 Å². The van der Waals surface area contributed by atoms with Crippen molar-refractivity contribution in [3.05, 3.63) is 200 Å². The summed E-state index contributed by atoms with van der Waals surface area (Å²) in [6.45, 7) is 0. The second-order valence-electron chi connectivity index (χ2n) is 14.0. The molecule has 0 atom stereocenters. The van der Waals surface area contributed by atoms with Gasteiger partial charge in [-0.1, -0.05) is 158 Å². The lowest BCUT2D eigenvalue weighted by Crippen LogP contribution is -2.11. The maximum absolute atomic E-state index is 2.52. The molecule has 3 heteroatoms. The van der Waals surface area contributed by atoms with E-state index in [9.17, 15) is 0 Å². The van der Waals surface area contributed by atoms with E-state index in [1.165, 1.54) is 95.9 Å². The van der Waals surface area contributed by atoms with Gasteiger partial charge in [0.1, 0.15) is 0 Å². The van der Waals surface area contributed by atoms with E-state index in [0.29, 0.717) is 0 Å². The third-order valence-corrected chi connectivity index (χ3v) is 13.3. The molecule has 0 unspecified atom stereocenters. The fraction of sp³-hybridized carbons (Fsp3) is 0. The summed E-state index contributed by atoms with van der Waals surface area (Å²) < 4.78 is 5.19. The van der Waals surface area contributed by atoms with Crippen molar-refractivity contribution in [1.29, 1.82) is 0 Å². The summed E-state index contributed by atoms with van der Waals surface area (Å²) in [5.74, 6) is 0. The highest BCUT2D eigenvalue weighted by molar-refractivity contribution is 7.27. The Labute approximate surface area is 327 Å². The van der Waals surface area contributed by atoms with Gasteiger partial charge in [0.05, 0.1) is 11.4 Å². The quantitative estimate of drug-likeness (QED) is 0.164. The van der Waals surface area contributed by atoms with Crippen molar-refractivity contribution in [2.45, 2.75) is 0 Å². The first-order valence-corrected chi connectivity index (χ1v) is 20.3. The number of hydrogen-bond donors (Lipinski definition) is 0. The molecular weight excluding hydrogens is 703 g/mol. The van der Waals surface area contributed by atoms with Crippen LogP contribution in [0.3, 0.4) is 0 Å². The summed E-state index contributed by atoms with van der Waals surface area (Å²) in [6, 6.07) is 73.3. The van der Waals surface area contributed by atoms with Crippen molar-refractivity contribution in [2.24, 2.45) is 0 Å². The van der Waals surface area contributed by atoms with E-state index in [1.807, 2.05) is 22.7 Å². The molecule has 2 aromatic heterocycles. The van der Waals surface area contributed by atoms with Gasteiger partial charge in [0.15, 0.2) is 0 Å². The van der Waals surface area contributed by atoms with Crippen LogP contribution >= 0.6 is 22.7 Å². The van der Waals surface area contributed by atoms with Gasteiger partial charge in [-0.25, -0.2) is 0 Å². The van der Waals surface area contributed by atoms with Crippen LogP contribution in [0.15, 0.2) is 200 Å². The van der Waals surface area contributed by atoms with Gasteiger partial charge < -0.3 is 4.90 Å². The zero-order valence-corrected chi connectivity index (χ0v) is 31.4. The van der Waals surface area contributed by atoms with E-state index in [2.05, 4.69) is 205 Å². The summed E-state index contributed by atoms with van der Waals surface area (Å²) in [4.78, 5) is 2.52. The van der Waals surface area contributed by atoms with E-state index in [-0.39, 0.29) is 0 Å². The second-order valence-corrected chi connectivity index (χ2v) is 16.1. The monoisotopic (exact) mass is 735 g/mol. The van der Waals surface area contributed by atoms with Gasteiger partial charge in [-0.2, -0.15) is 0 Å². The minimum Gasteiger partial charge on any atom is -0.309 e. The van der Waals surface area contributed by atoms with Crippen LogP contribution in [-0.4, -0.2) is 0 Å². The largest absolute Gasteiger partial charge is 0.309 e. The maximum Gasteiger partial charge on any atom is 0.0555 e. The maximum atomic E-state index is 2.52. The van der Waals surface area contributed by atoms with Crippen LogP contribution in [0.4, 0.5) is 17.1 Å². The molecular formula is C52H33NS2. The molecule has 9 aromatic carbocycles. The average Bonchev–Trinajstić information content (AvgIpc) is 3.84. The minimum atomic E-state index is 1.12. The van der Waals surface area contributed by atoms with Crippen molar-refractivity contribution in [2.75, 3.05) is 4.90 Å². The van der Waals surface area contributed by atoms with Gasteiger partial charge >= 0.3 is 0 Å². The SMILES string of the molecule is c1ccc(-c2cccc3c2sc2cccc(N(c4ccc(-c5ccc6ccccc6c5)cc4)c4ccc(-c5ccccc5)c5sc6ccccc6c45)c23)cc1. The van der Waals surface area contributed by atoms with Crippen LogP contribution < -0.4 is 4.90 Å². The highest BCUT2D eigenvalue weighted by Gasteiger charge is 2.24. The molecule has 0 bridgehead atoms. The van der Waals surface area contributed by atoms with Crippen molar-refractivity contribution < 1.29 is 0 Å². The Morgan fingerprint density at radius 2 is 0.927 bits per heavy atom. The fourth-order valence-corrected chi connectivity index (χ4v) is 10.8. The fourth-order valence-electron chi connectivity index (χ4n) is 8.28. The van der Waals surface area contributed by atoms with Crippen LogP contribution in [-0.2, 0) is 0 Å². The number of thiophene rings is 2. The number of benzene rings is 9. The molecule has 0 aliphatic heterocycles. The first-order chi connectivity index (χ1) is 27.3. The molecule has 0 radical (unpaired) electrons. The first kappa shape index (κ1) is 32.0. The second kappa shape index (κ2) is 13.1. The van der Waals surface area contributed by atoms with Gasteiger partial charge in [0.25, 0.3) is 0 Å². The number of anilines is 3. The predicted molar refractivity (Wildman–Crippen MR) is 241 cm³/mol. The van der Waals surface area contributed by atoms with Crippen molar-refractivity contribution >= 4 is 90.9 Å². The van der Waals surface area contributed by atoms with E-state index in [0.717, 1.165) is 5.69 Å². The van der Waals surface area contributed by atoms with E-state index < -0.39 is 0 Å². The predicted octanol–water partition coefficient (Wildman–Crippen LogP) is 16.0. The number of nitrogens with zero attached hydrogens (tertiary/aromatic N) is 1. The summed E-state index contributed by atoms with van der Waals surface area (Å²) in [7, 11) is 0. The van der Waals surface area contributed by atoms with Gasteiger partial charge in [-0.05, 0) is 86.6 Å². The highest BCUT2D eigenvalue weighted by Crippen LogP contribution is 2.51. The highest BCUT2D eigenvalue weighted by atomic mass is 32.1. The number of fused-ring (bicyclic) bond motifs is 7. The lowest BCUT2D eigenvalue weighted by atomic mass is 9.98. The summed E-state index contributed by atoms with van der Waals surface area (Å²) in [5.41, 5.74) is 10.9. The lowest BCUT2D eigenvalue weighted by Gasteiger charge is -2.28. The Morgan fingerprint density at radius 1 is 0.327 bits per heavy atom. The van der Waals surface area contributed by atoms with Crippen LogP contribution in [0.2, 0.25) is 0 Å². The molecule has 0 aliphatic rings. The number of hydrogen-bond acceptors (Lipinski definition) is 3. The molecule has 0 N–H and O–H groups in total. The van der Waals surface area contributed by atoms with Crippen LogP contribution in [0.25, 0.3) is 84.5 Å². The Kier molecular flexibility index (Phi) is 7.61. The molecule has 0 spiro atoms. The molecule has 0 amide bonds. The topological polar surface area (TPSA) is 3.24 Å². The molecule has 11 rings (SSSR count). The molecule has 0 fully saturated rings. The van der Waals surface area contributed by atoms with Crippen LogP contribution in [0.1, 0.15) is 0 Å². The zero-order chi connectivity index (χ0) is 36.3. The molecule has 258 valence electrons. The molecule has 0 aliphatic carbocycles. The standard InChI is InChI=1S/C52H33NS2/c1-3-14-36(15-4-1)41-20-11-21-44-49-45(22-12-24-48(49)55-51(41)44)53(40-29-27-35(28-30-40)39-26-25-34-13-7-8-18-38(34)33-39)46-32-31-42(37-16-5-2-6-17-37)52-50(46)43-19-9-10-23-47(43)54-52/h1-33H. The zero-order valence-electron chi connectivity index (χ0n) is 29.8. The normalized spacial score (nSPS) is 11.6. The summed E-state index contributed by atoms with van der Waals surface area (Å²) >= 11 is 3.78. The van der Waals surface area contributed by atoms with Crippen LogP contribution in [0.5, 0.6) is 0 Å². The van der Waals surface area contributed by atoms with Crippen molar-refractivity contribution in [3.63, 3.8) is 0 Å². The number of rotatable bonds is 6. The van der Waals surface area contributed by atoms with Gasteiger partial charge in [0, 0.05) is 46.0 Å². The van der Waals surface area contributed by atoms with Gasteiger partial charge in [0.2, 0.25) is 0 Å². The molecule has 0 saturated carbocycles. The van der Waals surface area contributed by atoms with E-state index in [4.69, 9.17) is 0 Å². The minimum absolute atomic E-state index is 1.12. The van der Waals surface area contributed by atoms with Gasteiger partial charge in [-0.3, -0.25) is 0 Å². The van der Waals surface area contributed by atoms with E-state index in [1.54, 1.807) is 0 Å². The van der Waals surface area contributed by atoms with E-state index >= 15 is 0 Å². The Hall–Kier alpha value is -6.52. The smallest absolute Gasteiger partial charge is 0.0555 e. The van der Waals surface area contributed by atoms with Crippen molar-refractivity contribution in [1.82, 2.24) is 0 Å². The van der Waals surface area contributed by atoms with Gasteiger partial charge in [-0.15, -0.1) is 22.7 Å². The molecule has 0 saturated heterocycles. The molecule has 1 nitrogen and oxygen atoms in total. The Balaban J connectivity index is 1.18. The Morgan fingerprint density at radius 3 is 1.73 bits per heavy atom.